The van der Waals surface area contributed by atoms with Gasteiger partial charge in [-0.15, -0.1) is 11.3 Å². The Morgan fingerprint density at radius 3 is 2.00 bits per heavy atom. The van der Waals surface area contributed by atoms with E-state index in [4.69, 9.17) is 4.74 Å². The van der Waals surface area contributed by atoms with Crippen LogP contribution in [0.4, 0.5) is 15.3 Å². The summed E-state index contributed by atoms with van der Waals surface area (Å²) in [4.78, 5) is 57.2. The van der Waals surface area contributed by atoms with Crippen molar-refractivity contribution in [2.75, 3.05) is 37.6 Å². The van der Waals surface area contributed by atoms with Crippen molar-refractivity contribution in [2.24, 2.45) is 5.41 Å². The summed E-state index contributed by atoms with van der Waals surface area (Å²) in [5.74, 6) is 0.150. The van der Waals surface area contributed by atoms with Gasteiger partial charge in [-0.05, 0) is 82.1 Å². The lowest BCUT2D eigenvalue weighted by atomic mass is 9.71. The Morgan fingerprint density at radius 1 is 0.809 bits per heavy atom. The molecular formula is C34H42N8O4S. The van der Waals surface area contributed by atoms with Gasteiger partial charge in [0.1, 0.15) is 18.3 Å². The van der Waals surface area contributed by atoms with Gasteiger partial charge < -0.3 is 19.4 Å². The molecule has 7 rings (SSSR count). The van der Waals surface area contributed by atoms with Crippen LogP contribution in [0.1, 0.15) is 66.6 Å². The molecule has 12 nitrogen and oxygen atoms in total. The van der Waals surface area contributed by atoms with Gasteiger partial charge in [0.05, 0.1) is 11.4 Å². The summed E-state index contributed by atoms with van der Waals surface area (Å²) in [6, 6.07) is 6.00. The van der Waals surface area contributed by atoms with E-state index in [2.05, 4.69) is 32.0 Å². The second-order valence-corrected chi connectivity index (χ2v) is 14.6. The Labute approximate surface area is 279 Å². The Morgan fingerprint density at radius 2 is 1.43 bits per heavy atom. The first-order valence-electron chi connectivity index (χ1n) is 16.1. The molecule has 0 atom stereocenters. The third-order valence-corrected chi connectivity index (χ3v) is 10.4. The summed E-state index contributed by atoms with van der Waals surface area (Å²) in [7, 11) is 0. The molecule has 7 heterocycles. The number of pyridine rings is 1. The normalized spacial score (nSPS) is 17.5. The Bertz CT molecular complexity index is 1610. The number of rotatable bonds is 2. The second kappa shape index (κ2) is 13.7. The van der Waals surface area contributed by atoms with E-state index in [1.165, 1.54) is 45.2 Å². The van der Waals surface area contributed by atoms with Crippen LogP contribution >= 0.6 is 11.3 Å². The molecular weight excluding hydrogens is 616 g/mol. The molecule has 47 heavy (non-hydrogen) atoms. The van der Waals surface area contributed by atoms with E-state index in [9.17, 15) is 14.4 Å². The molecule has 4 aromatic heterocycles. The number of fused-ring (bicyclic) bond motifs is 1. The standard InChI is InChI=1S/C27H36N4O3S.C7H6N4O/c1-26(2,3)34-25(33)31-13-6-22-20(19-31)18-23(35-22)24(32)30-16-9-27(10-17-30)7-14-29(15-8-27)21-4-11-28-12-5-21;12-7(10-3-1-8-5-10)11-4-2-9-6-11/h4-5,11-12,18H,6-10,13-17,19H2,1-3H3;1-6H. The maximum Gasteiger partial charge on any atom is 0.410 e. The highest BCUT2D eigenvalue weighted by Crippen LogP contribution is 2.42. The first-order chi connectivity index (χ1) is 22.6. The molecule has 4 aromatic rings. The number of likely N-dealkylation sites (tertiary alicyclic amines) is 1. The van der Waals surface area contributed by atoms with Crippen LogP contribution < -0.4 is 4.90 Å². The van der Waals surface area contributed by atoms with E-state index < -0.39 is 5.60 Å². The van der Waals surface area contributed by atoms with Gasteiger partial charge in [0.2, 0.25) is 0 Å². The van der Waals surface area contributed by atoms with Gasteiger partial charge in [0.25, 0.3) is 5.91 Å². The fourth-order valence-corrected chi connectivity index (χ4v) is 7.56. The van der Waals surface area contributed by atoms with Crippen molar-refractivity contribution < 1.29 is 19.1 Å². The molecule has 248 valence electrons. The van der Waals surface area contributed by atoms with Gasteiger partial charge in [0.15, 0.2) is 0 Å². The average Bonchev–Trinajstić information content (AvgIpc) is 3.87. The molecule has 0 saturated carbocycles. The van der Waals surface area contributed by atoms with Gasteiger partial charge in [-0.25, -0.2) is 19.6 Å². The average molecular weight is 659 g/mol. The van der Waals surface area contributed by atoms with Gasteiger partial charge in [0, 0.05) is 80.5 Å². The zero-order valence-electron chi connectivity index (χ0n) is 27.2. The van der Waals surface area contributed by atoms with E-state index in [0.717, 1.165) is 55.9 Å². The summed E-state index contributed by atoms with van der Waals surface area (Å²) in [6.45, 7) is 10.6. The quantitative estimate of drug-likeness (QED) is 0.275. The second-order valence-electron chi connectivity index (χ2n) is 13.4. The maximum absolute atomic E-state index is 13.3. The first-order valence-corrected chi connectivity index (χ1v) is 17.0. The summed E-state index contributed by atoms with van der Waals surface area (Å²) < 4.78 is 8.29. The summed E-state index contributed by atoms with van der Waals surface area (Å²) in [5, 5.41) is 0. The lowest BCUT2D eigenvalue weighted by Crippen LogP contribution is -2.48. The number of carbonyl (C=O) groups is 3. The van der Waals surface area contributed by atoms with Crippen molar-refractivity contribution in [2.45, 2.75) is 65.0 Å². The zero-order chi connectivity index (χ0) is 33.0. The number of nitrogens with zero attached hydrogens (tertiary/aromatic N) is 8. The fourth-order valence-electron chi connectivity index (χ4n) is 6.43. The minimum absolute atomic E-state index is 0.150. The molecule has 13 heteroatoms. The molecule has 0 aromatic carbocycles. The Hall–Kier alpha value is -4.52. The summed E-state index contributed by atoms with van der Waals surface area (Å²) in [5.41, 5.74) is 2.21. The lowest BCUT2D eigenvalue weighted by molar-refractivity contribution is 0.0225. The number of aromatic nitrogens is 5. The number of imidazole rings is 2. The molecule has 3 aliphatic heterocycles. The van der Waals surface area contributed by atoms with Crippen LogP contribution in [-0.2, 0) is 17.7 Å². The van der Waals surface area contributed by atoms with E-state index >= 15 is 0 Å². The van der Waals surface area contributed by atoms with Crippen molar-refractivity contribution in [3.05, 3.63) is 83.4 Å². The van der Waals surface area contributed by atoms with E-state index in [1.54, 1.807) is 41.0 Å². The minimum Gasteiger partial charge on any atom is -0.444 e. The van der Waals surface area contributed by atoms with E-state index in [0.29, 0.717) is 18.5 Å². The molecule has 0 bridgehead atoms. The molecule has 3 aliphatic rings. The monoisotopic (exact) mass is 658 g/mol. The number of thiophene rings is 1. The summed E-state index contributed by atoms with van der Waals surface area (Å²) in [6.07, 6.45) is 17.9. The molecule has 0 aliphatic carbocycles. The van der Waals surface area contributed by atoms with E-state index in [-0.39, 0.29) is 18.0 Å². The van der Waals surface area contributed by atoms with Crippen molar-refractivity contribution in [3.63, 3.8) is 0 Å². The van der Waals surface area contributed by atoms with Gasteiger partial charge in [-0.1, -0.05) is 0 Å². The van der Waals surface area contributed by atoms with Gasteiger partial charge in [-0.3, -0.25) is 18.9 Å². The summed E-state index contributed by atoms with van der Waals surface area (Å²) >= 11 is 1.61. The smallest absolute Gasteiger partial charge is 0.410 e. The van der Waals surface area contributed by atoms with Crippen LogP contribution in [-0.4, -0.2) is 90.2 Å². The fraction of sp³-hybridized carbons (Fsp3) is 0.471. The Kier molecular flexibility index (Phi) is 9.44. The highest BCUT2D eigenvalue weighted by Gasteiger charge is 2.39. The lowest BCUT2D eigenvalue weighted by Gasteiger charge is -2.47. The van der Waals surface area contributed by atoms with Crippen LogP contribution in [0, 0.1) is 5.41 Å². The third kappa shape index (κ3) is 7.73. The predicted molar refractivity (Wildman–Crippen MR) is 179 cm³/mol. The van der Waals surface area contributed by atoms with Gasteiger partial charge >= 0.3 is 12.1 Å². The van der Waals surface area contributed by atoms with Crippen molar-refractivity contribution >= 4 is 35.1 Å². The number of hydrogen-bond acceptors (Lipinski definition) is 9. The first kappa shape index (κ1) is 32.4. The number of ether oxygens (including phenoxy) is 1. The number of piperidine rings is 2. The Balaban J connectivity index is 0.000000269. The minimum atomic E-state index is -0.506. The largest absolute Gasteiger partial charge is 0.444 e. The van der Waals surface area contributed by atoms with Crippen LogP contribution in [0.5, 0.6) is 0 Å². The van der Waals surface area contributed by atoms with E-state index in [1.807, 2.05) is 44.1 Å². The topological polar surface area (TPSA) is 119 Å². The molecule has 2 amide bonds. The molecule has 0 unspecified atom stereocenters. The highest BCUT2D eigenvalue weighted by molar-refractivity contribution is 7.14. The molecule has 2 fully saturated rings. The maximum atomic E-state index is 13.3. The van der Waals surface area contributed by atoms with Crippen molar-refractivity contribution in [1.82, 2.24) is 33.9 Å². The molecule has 0 N–H and O–H groups in total. The molecule has 1 spiro atoms. The van der Waals surface area contributed by atoms with Crippen LogP contribution in [0.2, 0.25) is 0 Å². The third-order valence-electron chi connectivity index (χ3n) is 9.14. The van der Waals surface area contributed by atoms with Gasteiger partial charge in [-0.2, -0.15) is 0 Å². The van der Waals surface area contributed by atoms with Crippen molar-refractivity contribution in [3.8, 4) is 0 Å². The predicted octanol–water partition coefficient (Wildman–Crippen LogP) is 5.56. The van der Waals surface area contributed by atoms with Crippen LogP contribution in [0.25, 0.3) is 0 Å². The van der Waals surface area contributed by atoms with Crippen LogP contribution in [0.3, 0.4) is 0 Å². The highest BCUT2D eigenvalue weighted by atomic mass is 32.1. The molecule has 0 radical (unpaired) electrons. The van der Waals surface area contributed by atoms with Crippen LogP contribution in [0.15, 0.2) is 68.0 Å². The number of amides is 2. The number of anilines is 1. The molecule has 2 saturated heterocycles. The number of carbonyl (C=O) groups excluding carboxylic acids is 3. The number of hydrogen-bond donors (Lipinski definition) is 0. The van der Waals surface area contributed by atoms with Crippen molar-refractivity contribution in [1.29, 1.82) is 0 Å². The zero-order valence-corrected chi connectivity index (χ0v) is 28.1. The SMILES string of the molecule is CC(C)(C)OC(=O)N1CCc2sc(C(=O)N3CCC4(CC3)CCN(c3ccncc3)CC4)cc2C1.O=C(n1ccnc1)n1ccnc1.